The van der Waals surface area contributed by atoms with E-state index in [9.17, 15) is 14.3 Å². The van der Waals surface area contributed by atoms with E-state index in [1.165, 1.54) is 70.6 Å². The normalized spacial score (nSPS) is 14.3. The fourth-order valence-corrected chi connectivity index (χ4v) is 6.13. The summed E-state index contributed by atoms with van der Waals surface area (Å²) in [5, 5.41) is 0. The minimum Gasteiger partial charge on any atom is -0.457 e. The zero-order valence-corrected chi connectivity index (χ0v) is 34.6. The van der Waals surface area contributed by atoms with E-state index in [0.717, 1.165) is 70.6 Å². The lowest BCUT2D eigenvalue weighted by molar-refractivity contribution is -0.154. The first-order valence-electron chi connectivity index (χ1n) is 20.9. The van der Waals surface area contributed by atoms with Crippen LogP contribution in [0.2, 0.25) is 0 Å². The number of allylic oxidation sites excluding steroid dienone is 12. The van der Waals surface area contributed by atoms with Crippen LogP contribution in [0.25, 0.3) is 0 Å². The van der Waals surface area contributed by atoms with Crippen LogP contribution in [0.15, 0.2) is 72.9 Å². The van der Waals surface area contributed by atoms with Gasteiger partial charge >= 0.3 is 13.8 Å². The van der Waals surface area contributed by atoms with Crippen LogP contribution in [-0.2, 0) is 27.9 Å². The largest absolute Gasteiger partial charge is 0.472 e. The van der Waals surface area contributed by atoms with E-state index in [1.807, 2.05) is 0 Å². The third-order valence-corrected chi connectivity index (χ3v) is 9.37. The Morgan fingerprint density at radius 3 is 1.51 bits per heavy atom. The quantitative estimate of drug-likeness (QED) is 0.0275. The zero-order valence-electron chi connectivity index (χ0n) is 33.7. The molecule has 0 aliphatic carbocycles. The summed E-state index contributed by atoms with van der Waals surface area (Å²) < 4.78 is 33.3. The number of carbonyl (C=O) groups is 1. The second-order valence-corrected chi connectivity index (χ2v) is 14.9. The highest BCUT2D eigenvalue weighted by atomic mass is 31.2. The van der Waals surface area contributed by atoms with Crippen molar-refractivity contribution in [3.8, 4) is 0 Å². The molecule has 0 radical (unpaired) electrons. The van der Waals surface area contributed by atoms with Crippen molar-refractivity contribution >= 4 is 13.8 Å². The van der Waals surface area contributed by atoms with Crippen LogP contribution in [0.4, 0.5) is 0 Å². The molecular weight excluding hydrogens is 685 g/mol. The zero-order chi connectivity index (χ0) is 38.8. The Morgan fingerprint density at radius 2 is 1.04 bits per heavy atom. The lowest BCUT2D eigenvalue weighted by Gasteiger charge is -2.20. The lowest BCUT2D eigenvalue weighted by Crippen LogP contribution is -2.28. The number of carbonyl (C=O) groups excluding carboxylic acids is 1. The molecule has 0 aliphatic heterocycles. The standard InChI is InChI=1S/C44H78NO7P/c1-3-5-7-9-11-13-15-17-19-20-21-22-23-24-26-28-30-32-34-36-39-49-41-43(42-51-53(47,48)50-40-38-45)52-44(46)37-35-33-31-29-27-25-18-16-14-12-10-8-6-4-2/h5,7,11,13,17,19,21-22,24,26,30,32,43H,3-4,6,8-10,12,14-16,18,20,23,25,27-29,31,33-42,45H2,1-2H3,(H,47,48)/b7-5-,13-11-,19-17-,22-21-,26-24-,32-30-. The summed E-state index contributed by atoms with van der Waals surface area (Å²) in [4.78, 5) is 22.4. The van der Waals surface area contributed by atoms with E-state index in [4.69, 9.17) is 24.3 Å². The maximum Gasteiger partial charge on any atom is 0.472 e. The Bertz CT molecular complexity index is 1040. The molecule has 8 nitrogen and oxygen atoms in total. The number of rotatable bonds is 39. The van der Waals surface area contributed by atoms with E-state index in [-0.39, 0.29) is 32.3 Å². The molecule has 0 amide bonds. The van der Waals surface area contributed by atoms with Crippen molar-refractivity contribution < 1.29 is 32.8 Å². The molecular formula is C44H78NO7P. The highest BCUT2D eigenvalue weighted by Gasteiger charge is 2.25. The van der Waals surface area contributed by atoms with Gasteiger partial charge in [-0.05, 0) is 57.8 Å². The first-order chi connectivity index (χ1) is 25.9. The van der Waals surface area contributed by atoms with Crippen molar-refractivity contribution in [3.05, 3.63) is 72.9 Å². The molecule has 0 heterocycles. The molecule has 0 aromatic carbocycles. The highest BCUT2D eigenvalue weighted by Crippen LogP contribution is 2.43. The molecule has 0 aromatic rings. The maximum atomic E-state index is 12.6. The van der Waals surface area contributed by atoms with Crippen LogP contribution in [0.5, 0.6) is 0 Å². The molecule has 2 atom stereocenters. The third kappa shape index (κ3) is 41.0. The molecule has 0 fully saturated rings. The van der Waals surface area contributed by atoms with E-state index in [2.05, 4.69) is 86.8 Å². The van der Waals surface area contributed by atoms with Gasteiger partial charge in [0.15, 0.2) is 0 Å². The Hall–Kier alpha value is -2.06. The summed E-state index contributed by atoms with van der Waals surface area (Å²) in [5.74, 6) is -0.352. The fourth-order valence-electron chi connectivity index (χ4n) is 5.37. The number of hydrogen-bond acceptors (Lipinski definition) is 7. The summed E-state index contributed by atoms with van der Waals surface area (Å²) >= 11 is 0. The van der Waals surface area contributed by atoms with E-state index in [0.29, 0.717) is 13.0 Å². The second kappa shape index (κ2) is 41.1. The second-order valence-electron chi connectivity index (χ2n) is 13.5. The molecule has 9 heteroatoms. The molecule has 0 bridgehead atoms. The number of phosphoric ester groups is 1. The summed E-state index contributed by atoms with van der Waals surface area (Å²) in [6.45, 7) is 4.64. The molecule has 0 saturated heterocycles. The average molecular weight is 764 g/mol. The number of ether oxygens (including phenoxy) is 2. The van der Waals surface area contributed by atoms with Crippen molar-refractivity contribution in [3.63, 3.8) is 0 Å². The van der Waals surface area contributed by atoms with Gasteiger partial charge in [0.25, 0.3) is 0 Å². The molecule has 0 spiro atoms. The van der Waals surface area contributed by atoms with Gasteiger partial charge in [-0.3, -0.25) is 13.8 Å². The SMILES string of the molecule is CC/C=C\C/C=C\C/C=C\C/C=C\C/C=C\C/C=C\CCCOCC(COP(=O)(O)OCCN)OC(=O)CCCCCCCCCCCCCCCC. The molecule has 306 valence electrons. The van der Waals surface area contributed by atoms with Crippen LogP contribution >= 0.6 is 7.82 Å². The molecule has 0 saturated carbocycles. The van der Waals surface area contributed by atoms with Gasteiger partial charge in [-0.1, -0.05) is 170 Å². The van der Waals surface area contributed by atoms with Crippen LogP contribution < -0.4 is 5.73 Å². The molecule has 0 rings (SSSR count). The number of phosphoric acid groups is 1. The van der Waals surface area contributed by atoms with Gasteiger partial charge in [0.2, 0.25) is 0 Å². The average Bonchev–Trinajstić information content (AvgIpc) is 3.15. The highest BCUT2D eigenvalue weighted by molar-refractivity contribution is 7.47. The number of esters is 1. The van der Waals surface area contributed by atoms with E-state index >= 15 is 0 Å². The minimum atomic E-state index is -4.29. The van der Waals surface area contributed by atoms with Crippen molar-refractivity contribution in [2.75, 3.05) is 33.0 Å². The molecule has 0 aromatic heterocycles. The summed E-state index contributed by atoms with van der Waals surface area (Å²) in [6, 6.07) is 0. The van der Waals surface area contributed by atoms with Crippen molar-refractivity contribution in [1.82, 2.24) is 0 Å². The lowest BCUT2D eigenvalue weighted by atomic mass is 10.0. The molecule has 0 aliphatic rings. The van der Waals surface area contributed by atoms with Gasteiger partial charge in [0.05, 0.1) is 19.8 Å². The van der Waals surface area contributed by atoms with Crippen LogP contribution in [0.3, 0.4) is 0 Å². The maximum absolute atomic E-state index is 12.6. The summed E-state index contributed by atoms with van der Waals surface area (Å²) in [5.41, 5.74) is 5.36. The van der Waals surface area contributed by atoms with Gasteiger partial charge < -0.3 is 20.1 Å². The smallest absolute Gasteiger partial charge is 0.457 e. The number of hydrogen-bond donors (Lipinski definition) is 2. The summed E-state index contributed by atoms with van der Waals surface area (Å²) in [7, 11) is -4.29. The van der Waals surface area contributed by atoms with E-state index in [1.54, 1.807) is 0 Å². The Balaban J connectivity index is 4.17. The Labute approximate surface area is 325 Å². The van der Waals surface area contributed by atoms with Crippen LogP contribution in [0.1, 0.15) is 162 Å². The van der Waals surface area contributed by atoms with Gasteiger partial charge in [-0.2, -0.15) is 0 Å². The summed E-state index contributed by atoms with van der Waals surface area (Å²) in [6.07, 6.45) is 50.7. The Morgan fingerprint density at radius 1 is 0.585 bits per heavy atom. The fraction of sp³-hybridized carbons (Fsp3) is 0.705. The first kappa shape index (κ1) is 50.9. The number of nitrogens with two attached hydrogens (primary N) is 1. The predicted molar refractivity (Wildman–Crippen MR) is 224 cm³/mol. The van der Waals surface area contributed by atoms with Crippen molar-refractivity contribution in [1.29, 1.82) is 0 Å². The molecule has 2 unspecified atom stereocenters. The van der Waals surface area contributed by atoms with Crippen LogP contribution in [0, 0.1) is 0 Å². The van der Waals surface area contributed by atoms with Gasteiger partial charge in [-0.25, -0.2) is 4.57 Å². The first-order valence-corrected chi connectivity index (χ1v) is 22.4. The van der Waals surface area contributed by atoms with Crippen LogP contribution in [-0.4, -0.2) is 49.9 Å². The molecule has 53 heavy (non-hydrogen) atoms. The molecule has 3 N–H and O–H groups in total. The van der Waals surface area contributed by atoms with E-state index < -0.39 is 13.9 Å². The van der Waals surface area contributed by atoms with Crippen molar-refractivity contribution in [2.24, 2.45) is 5.73 Å². The topological polar surface area (TPSA) is 117 Å². The Kier molecular flexibility index (Phi) is 39.5. The number of unbranched alkanes of at least 4 members (excludes halogenated alkanes) is 14. The minimum absolute atomic E-state index is 0.0745. The van der Waals surface area contributed by atoms with Gasteiger partial charge in [-0.15, -0.1) is 0 Å². The third-order valence-electron chi connectivity index (χ3n) is 8.39. The van der Waals surface area contributed by atoms with Crippen molar-refractivity contribution in [2.45, 2.75) is 168 Å². The van der Waals surface area contributed by atoms with Gasteiger partial charge in [0.1, 0.15) is 6.10 Å². The predicted octanol–water partition coefficient (Wildman–Crippen LogP) is 12.4. The monoisotopic (exact) mass is 764 g/mol. The van der Waals surface area contributed by atoms with Gasteiger partial charge in [0, 0.05) is 19.6 Å².